The van der Waals surface area contributed by atoms with E-state index in [9.17, 15) is 8.42 Å². The third-order valence-electron chi connectivity index (χ3n) is 2.95. The second-order valence-electron chi connectivity index (χ2n) is 5.28. The molecule has 6 nitrogen and oxygen atoms in total. The minimum absolute atomic E-state index is 0.0541. The van der Waals surface area contributed by atoms with Crippen molar-refractivity contribution in [2.75, 3.05) is 6.54 Å². The summed E-state index contributed by atoms with van der Waals surface area (Å²) >= 11 is 0. The lowest BCUT2D eigenvalue weighted by Crippen LogP contribution is -2.26. The Morgan fingerprint density at radius 3 is 2.50 bits per heavy atom. The number of hydrogen-bond acceptors (Lipinski definition) is 4. The first-order chi connectivity index (χ1) is 10.4. The van der Waals surface area contributed by atoms with E-state index in [1.807, 2.05) is 20.8 Å². The summed E-state index contributed by atoms with van der Waals surface area (Å²) in [6.07, 6.45) is 2.33. The number of rotatable bonds is 7. The van der Waals surface area contributed by atoms with Gasteiger partial charge in [0.2, 0.25) is 10.0 Å². The van der Waals surface area contributed by atoms with E-state index in [0.29, 0.717) is 18.7 Å². The van der Waals surface area contributed by atoms with Crippen LogP contribution >= 0.6 is 0 Å². The molecule has 1 aromatic heterocycles. The van der Waals surface area contributed by atoms with E-state index in [1.165, 1.54) is 0 Å². The van der Waals surface area contributed by atoms with Gasteiger partial charge in [0.1, 0.15) is 11.6 Å². The fourth-order valence-corrected chi connectivity index (χ4v) is 3.00. The Morgan fingerprint density at radius 1 is 1.27 bits per heavy atom. The van der Waals surface area contributed by atoms with E-state index >= 15 is 0 Å². The number of benzene rings is 1. The van der Waals surface area contributed by atoms with Crippen molar-refractivity contribution in [3.8, 4) is 5.75 Å². The van der Waals surface area contributed by atoms with Crippen molar-refractivity contribution in [1.29, 1.82) is 0 Å². The van der Waals surface area contributed by atoms with Crippen molar-refractivity contribution >= 4 is 10.0 Å². The van der Waals surface area contributed by atoms with Crippen LogP contribution in [0.3, 0.4) is 0 Å². The highest BCUT2D eigenvalue weighted by atomic mass is 32.2. The van der Waals surface area contributed by atoms with Crippen LogP contribution in [0.4, 0.5) is 0 Å². The van der Waals surface area contributed by atoms with Crippen LogP contribution in [0, 0.1) is 6.92 Å². The lowest BCUT2D eigenvalue weighted by molar-refractivity contribution is 0.242. The predicted octanol–water partition coefficient (Wildman–Crippen LogP) is 2.03. The molecular formula is C15H21N3O3S. The maximum atomic E-state index is 12.2. The lowest BCUT2D eigenvalue weighted by Gasteiger charge is -2.10. The van der Waals surface area contributed by atoms with Crippen LogP contribution < -0.4 is 9.46 Å². The highest BCUT2D eigenvalue weighted by molar-refractivity contribution is 7.89. The summed E-state index contributed by atoms with van der Waals surface area (Å²) in [4.78, 5) is 7.37. The highest BCUT2D eigenvalue weighted by Gasteiger charge is 2.13. The van der Waals surface area contributed by atoms with Gasteiger partial charge in [0.05, 0.1) is 11.0 Å². The number of H-pyrrole nitrogens is 1. The number of nitrogens with zero attached hydrogens (tertiary/aromatic N) is 1. The third-order valence-corrected chi connectivity index (χ3v) is 4.42. The Labute approximate surface area is 131 Å². The fourth-order valence-electron chi connectivity index (χ4n) is 1.97. The Bertz CT molecular complexity index is 706. The molecule has 0 saturated heterocycles. The summed E-state index contributed by atoms with van der Waals surface area (Å²) in [6.45, 7) is 6.01. The van der Waals surface area contributed by atoms with Gasteiger partial charge in [-0.05, 0) is 45.0 Å². The Morgan fingerprint density at radius 2 is 1.95 bits per heavy atom. The molecule has 2 rings (SSSR count). The maximum absolute atomic E-state index is 12.2. The van der Waals surface area contributed by atoms with Gasteiger partial charge in [0.15, 0.2) is 0 Å². The first kappa shape index (κ1) is 16.5. The molecule has 1 heterocycles. The van der Waals surface area contributed by atoms with E-state index in [1.54, 1.807) is 30.5 Å². The summed E-state index contributed by atoms with van der Waals surface area (Å²) < 4.78 is 32.4. The number of aryl methyl sites for hydroxylation is 1. The van der Waals surface area contributed by atoms with Gasteiger partial charge in [-0.15, -0.1) is 0 Å². The third kappa shape index (κ3) is 4.57. The van der Waals surface area contributed by atoms with Crippen LogP contribution in [0.5, 0.6) is 5.75 Å². The number of imidazole rings is 1. The maximum Gasteiger partial charge on any atom is 0.240 e. The van der Waals surface area contributed by atoms with Crippen molar-refractivity contribution in [1.82, 2.24) is 14.7 Å². The molecule has 2 N–H and O–H groups in total. The van der Waals surface area contributed by atoms with Crippen LogP contribution in [0.2, 0.25) is 0 Å². The van der Waals surface area contributed by atoms with Gasteiger partial charge in [0, 0.05) is 24.9 Å². The zero-order valence-corrected chi connectivity index (χ0v) is 13.8. The van der Waals surface area contributed by atoms with Gasteiger partial charge in [-0.1, -0.05) is 0 Å². The molecule has 0 spiro atoms. The Kier molecular flexibility index (Phi) is 5.20. The monoisotopic (exact) mass is 323 g/mol. The van der Waals surface area contributed by atoms with Crippen molar-refractivity contribution in [3.63, 3.8) is 0 Å². The molecule has 0 bridgehead atoms. The molecule has 22 heavy (non-hydrogen) atoms. The minimum atomic E-state index is -3.51. The van der Waals surface area contributed by atoms with Gasteiger partial charge >= 0.3 is 0 Å². The van der Waals surface area contributed by atoms with E-state index < -0.39 is 10.0 Å². The van der Waals surface area contributed by atoms with Crippen LogP contribution in [-0.4, -0.2) is 31.0 Å². The molecule has 0 amide bonds. The van der Waals surface area contributed by atoms with Gasteiger partial charge in [-0.3, -0.25) is 0 Å². The average molecular weight is 323 g/mol. The SMILES string of the molecule is Cc1ncc(CCNS(=O)(=O)c2ccc(OC(C)C)cc2)[nH]1. The second-order valence-corrected chi connectivity index (χ2v) is 7.05. The van der Waals surface area contributed by atoms with E-state index in [4.69, 9.17) is 4.74 Å². The van der Waals surface area contributed by atoms with Gasteiger partial charge < -0.3 is 9.72 Å². The molecule has 0 aliphatic carbocycles. The van der Waals surface area contributed by atoms with Gasteiger partial charge in [0.25, 0.3) is 0 Å². The number of sulfonamides is 1. The second kappa shape index (κ2) is 6.93. The predicted molar refractivity (Wildman–Crippen MR) is 84.4 cm³/mol. The number of nitrogens with one attached hydrogen (secondary N) is 2. The van der Waals surface area contributed by atoms with Crippen molar-refractivity contribution in [2.45, 2.75) is 38.2 Å². The summed E-state index contributed by atoms with van der Waals surface area (Å²) in [7, 11) is -3.51. The summed E-state index contributed by atoms with van der Waals surface area (Å²) in [5, 5.41) is 0. The lowest BCUT2D eigenvalue weighted by atomic mass is 10.3. The first-order valence-electron chi connectivity index (χ1n) is 7.14. The van der Waals surface area contributed by atoms with Crippen LogP contribution in [0.15, 0.2) is 35.4 Å². The van der Waals surface area contributed by atoms with E-state index in [2.05, 4.69) is 14.7 Å². The number of aromatic nitrogens is 2. The molecule has 0 atom stereocenters. The Balaban J connectivity index is 1.94. The topological polar surface area (TPSA) is 84.1 Å². The first-order valence-corrected chi connectivity index (χ1v) is 8.62. The summed E-state index contributed by atoms with van der Waals surface area (Å²) in [6, 6.07) is 6.40. The Hall–Kier alpha value is -1.86. The molecule has 7 heteroatoms. The molecule has 0 aliphatic rings. The zero-order valence-electron chi connectivity index (χ0n) is 13.0. The number of hydrogen-bond donors (Lipinski definition) is 2. The molecule has 120 valence electrons. The molecule has 0 saturated carbocycles. The van der Waals surface area contributed by atoms with Crippen molar-refractivity contribution < 1.29 is 13.2 Å². The van der Waals surface area contributed by atoms with Crippen molar-refractivity contribution in [3.05, 3.63) is 42.0 Å². The molecule has 0 radical (unpaired) electrons. The number of ether oxygens (including phenoxy) is 1. The van der Waals surface area contributed by atoms with Crippen molar-refractivity contribution in [2.24, 2.45) is 0 Å². The molecule has 2 aromatic rings. The fraction of sp³-hybridized carbons (Fsp3) is 0.400. The quantitative estimate of drug-likeness (QED) is 0.816. The summed E-state index contributed by atoms with van der Waals surface area (Å²) in [5.74, 6) is 1.47. The van der Waals surface area contributed by atoms with E-state index in [-0.39, 0.29) is 11.0 Å². The molecular weight excluding hydrogens is 302 g/mol. The molecule has 1 aromatic carbocycles. The van der Waals surface area contributed by atoms with Gasteiger partial charge in [-0.2, -0.15) is 0 Å². The molecule has 0 aliphatic heterocycles. The molecule has 0 fully saturated rings. The standard InChI is InChI=1S/C15H21N3O3S/c1-11(2)21-14-4-6-15(7-5-14)22(19,20)17-9-8-13-10-16-12(3)18-13/h4-7,10-11,17H,8-9H2,1-3H3,(H,16,18). The average Bonchev–Trinajstić information content (AvgIpc) is 2.84. The summed E-state index contributed by atoms with van der Waals surface area (Å²) in [5.41, 5.74) is 0.904. The minimum Gasteiger partial charge on any atom is -0.491 e. The van der Waals surface area contributed by atoms with E-state index in [0.717, 1.165) is 11.5 Å². The smallest absolute Gasteiger partial charge is 0.240 e. The van der Waals surface area contributed by atoms with Crippen LogP contribution in [0.25, 0.3) is 0 Å². The normalized spacial score (nSPS) is 11.8. The largest absolute Gasteiger partial charge is 0.491 e. The molecule has 0 unspecified atom stereocenters. The highest BCUT2D eigenvalue weighted by Crippen LogP contribution is 2.17. The van der Waals surface area contributed by atoms with Crippen LogP contribution in [-0.2, 0) is 16.4 Å². The van der Waals surface area contributed by atoms with Crippen LogP contribution in [0.1, 0.15) is 25.4 Å². The van der Waals surface area contributed by atoms with Gasteiger partial charge in [-0.25, -0.2) is 18.1 Å². The number of aromatic amines is 1. The zero-order chi connectivity index (χ0) is 16.2.